The van der Waals surface area contributed by atoms with Crippen LogP contribution in [0.1, 0.15) is 6.92 Å². The smallest absolute Gasteiger partial charge is 0.217 e. The van der Waals surface area contributed by atoms with E-state index in [2.05, 4.69) is 5.32 Å². The number of aliphatic hydroxyl groups excluding tert-OH is 6. The summed E-state index contributed by atoms with van der Waals surface area (Å²) in [5.74, 6) is -0.586. The Labute approximate surface area is 153 Å². The van der Waals surface area contributed by atoms with Gasteiger partial charge in [0.15, 0.2) is 18.3 Å². The molecule has 1 unspecified atom stereocenters. The van der Waals surface area contributed by atoms with Gasteiger partial charge in [0, 0.05) is 6.92 Å². The lowest BCUT2D eigenvalue weighted by Crippen LogP contribution is -2.73. The van der Waals surface area contributed by atoms with E-state index < -0.39 is 80.1 Å². The Kier molecular flexibility index (Phi) is 7.10. The van der Waals surface area contributed by atoms with Gasteiger partial charge in [0.25, 0.3) is 0 Å². The number of carbonyl (C=O) groups excluding carboxylic acids is 1. The van der Waals surface area contributed by atoms with Crippen LogP contribution in [0.4, 0.5) is 0 Å². The molecule has 0 radical (unpaired) electrons. The van der Waals surface area contributed by atoms with Crippen LogP contribution in [0.25, 0.3) is 0 Å². The maximum atomic E-state index is 11.3. The van der Waals surface area contributed by atoms with Crippen molar-refractivity contribution >= 4 is 5.91 Å². The number of nitrogens with two attached hydrogens (primary N) is 1. The van der Waals surface area contributed by atoms with Gasteiger partial charge in [-0.15, -0.1) is 0 Å². The first kappa shape index (κ1) is 22.3. The number of hydrogen-bond acceptors (Lipinski definition) is 12. The van der Waals surface area contributed by atoms with Gasteiger partial charge in [0.2, 0.25) is 5.91 Å². The minimum Gasteiger partial charge on any atom is -0.394 e. The Bertz CT molecular complexity index is 521. The van der Waals surface area contributed by atoms with E-state index in [0.29, 0.717) is 0 Å². The monoisotopic (exact) mass is 398 g/mol. The summed E-state index contributed by atoms with van der Waals surface area (Å²) >= 11 is 0. The fourth-order valence-electron chi connectivity index (χ4n) is 3.06. The van der Waals surface area contributed by atoms with Crippen LogP contribution in [-0.4, -0.2) is 116 Å². The average molecular weight is 398 g/mol. The number of aliphatic hydroxyl groups is 7. The first-order valence-corrected chi connectivity index (χ1v) is 8.23. The van der Waals surface area contributed by atoms with E-state index in [9.17, 15) is 40.5 Å². The summed E-state index contributed by atoms with van der Waals surface area (Å²) < 4.78 is 15.7. The van der Waals surface area contributed by atoms with Crippen LogP contribution in [0.3, 0.4) is 0 Å². The van der Waals surface area contributed by atoms with E-state index in [0.717, 1.165) is 6.92 Å². The predicted molar refractivity (Wildman–Crippen MR) is 83.3 cm³/mol. The second kappa shape index (κ2) is 8.59. The number of nitrogens with one attached hydrogen (secondary N) is 1. The van der Waals surface area contributed by atoms with E-state index in [1.807, 2.05) is 0 Å². The molecule has 10 atom stereocenters. The number of carbonyl (C=O) groups is 1. The Hall–Kier alpha value is -0.970. The normalized spacial score (nSPS) is 48.3. The van der Waals surface area contributed by atoms with Crippen LogP contribution in [0.15, 0.2) is 0 Å². The van der Waals surface area contributed by atoms with Crippen LogP contribution < -0.4 is 11.1 Å². The largest absolute Gasteiger partial charge is 0.394 e. The Morgan fingerprint density at radius 1 is 1.11 bits per heavy atom. The summed E-state index contributed by atoms with van der Waals surface area (Å²) in [6.45, 7) is -0.343. The highest BCUT2D eigenvalue weighted by Crippen LogP contribution is 2.31. The third-order valence-corrected chi connectivity index (χ3v) is 4.58. The quantitative estimate of drug-likeness (QED) is 0.197. The van der Waals surface area contributed by atoms with Crippen LogP contribution in [0, 0.1) is 0 Å². The zero-order chi connectivity index (χ0) is 20.5. The number of amides is 1. The molecule has 2 rings (SSSR count). The highest BCUT2D eigenvalue weighted by atomic mass is 16.7. The van der Waals surface area contributed by atoms with E-state index in [-0.39, 0.29) is 0 Å². The minimum atomic E-state index is -2.61. The molecule has 2 fully saturated rings. The Morgan fingerprint density at radius 3 is 2.22 bits per heavy atom. The van der Waals surface area contributed by atoms with Crippen molar-refractivity contribution in [1.29, 1.82) is 0 Å². The van der Waals surface area contributed by atoms with Gasteiger partial charge in [-0.3, -0.25) is 10.5 Å². The van der Waals surface area contributed by atoms with E-state index in [4.69, 9.17) is 19.9 Å². The highest BCUT2D eigenvalue weighted by molar-refractivity contribution is 5.73. The molecule has 13 nitrogen and oxygen atoms in total. The van der Waals surface area contributed by atoms with Gasteiger partial charge < -0.3 is 55.3 Å². The molecule has 2 heterocycles. The van der Waals surface area contributed by atoms with Gasteiger partial charge >= 0.3 is 0 Å². The van der Waals surface area contributed by atoms with E-state index in [1.54, 1.807) is 0 Å². The molecular weight excluding hydrogens is 372 g/mol. The molecule has 1 amide bonds. The molecule has 0 aromatic heterocycles. The van der Waals surface area contributed by atoms with E-state index >= 15 is 0 Å². The fraction of sp³-hybridized carbons (Fsp3) is 0.929. The summed E-state index contributed by atoms with van der Waals surface area (Å²) in [7, 11) is 0. The Balaban J connectivity index is 2.22. The maximum Gasteiger partial charge on any atom is 0.217 e. The summed E-state index contributed by atoms with van der Waals surface area (Å²) in [5, 5.41) is 71.4. The molecule has 2 aliphatic rings. The zero-order valence-electron chi connectivity index (χ0n) is 14.5. The molecule has 2 saturated heterocycles. The second-order valence-corrected chi connectivity index (χ2v) is 6.57. The van der Waals surface area contributed by atoms with Gasteiger partial charge in [-0.1, -0.05) is 0 Å². The molecule has 27 heavy (non-hydrogen) atoms. The standard InChI is InChI=1S/C14H26N2O11/c1-4(19)16-7-8(20)9(5(2-17)25-12(7)23)27-13-11(22)14(15,24)10(21)6(3-18)26-13/h5-13,17-18,20-24H,2-3,15H2,1H3,(H,16,19)/t5-,6-,7-,8-,9-,10+,11+,12?,13+,14+/m1/s1. The third kappa shape index (κ3) is 4.38. The molecule has 0 bridgehead atoms. The van der Waals surface area contributed by atoms with E-state index in [1.165, 1.54) is 0 Å². The van der Waals surface area contributed by atoms with Gasteiger partial charge in [-0.2, -0.15) is 0 Å². The molecule has 0 saturated carbocycles. The molecule has 0 aromatic rings. The molecule has 2 aliphatic heterocycles. The summed E-state index contributed by atoms with van der Waals surface area (Å²) in [6.07, 6.45) is -13.0. The van der Waals surface area contributed by atoms with Crippen molar-refractivity contribution in [3.05, 3.63) is 0 Å². The van der Waals surface area contributed by atoms with Crippen molar-refractivity contribution in [2.45, 2.75) is 67.9 Å². The lowest BCUT2D eigenvalue weighted by molar-refractivity contribution is -0.363. The second-order valence-electron chi connectivity index (χ2n) is 6.57. The fourth-order valence-corrected chi connectivity index (χ4v) is 3.06. The predicted octanol–water partition coefficient (Wildman–Crippen LogP) is -5.97. The number of ether oxygens (including phenoxy) is 3. The van der Waals surface area contributed by atoms with Crippen molar-refractivity contribution in [3.8, 4) is 0 Å². The molecule has 0 spiro atoms. The van der Waals surface area contributed by atoms with Crippen molar-refractivity contribution in [3.63, 3.8) is 0 Å². The van der Waals surface area contributed by atoms with Gasteiger partial charge in [0.05, 0.1) is 13.2 Å². The van der Waals surface area contributed by atoms with Crippen molar-refractivity contribution in [1.82, 2.24) is 5.32 Å². The Morgan fingerprint density at radius 2 is 1.70 bits per heavy atom. The lowest BCUT2D eigenvalue weighted by atomic mass is 9.92. The van der Waals surface area contributed by atoms with Crippen molar-refractivity contribution in [2.75, 3.05) is 13.2 Å². The minimum absolute atomic E-state index is 0.586. The maximum absolute atomic E-state index is 11.3. The molecule has 0 aliphatic carbocycles. The SMILES string of the molecule is CC(=O)N[C@H]1C(O)O[C@H](CO)[C@@H](O[C@@H]2O[C@H](CO)[C@H](O)[C@](N)(O)[C@H]2O)[C@@H]1O. The average Bonchev–Trinajstić information content (AvgIpc) is 2.61. The first-order chi connectivity index (χ1) is 12.5. The summed E-state index contributed by atoms with van der Waals surface area (Å²) in [4.78, 5) is 11.3. The molecular formula is C14H26N2O11. The highest BCUT2D eigenvalue weighted by Gasteiger charge is 2.55. The summed E-state index contributed by atoms with van der Waals surface area (Å²) in [5.41, 5.74) is 2.88. The molecule has 10 N–H and O–H groups in total. The van der Waals surface area contributed by atoms with Crippen LogP contribution in [-0.2, 0) is 19.0 Å². The zero-order valence-corrected chi connectivity index (χ0v) is 14.5. The van der Waals surface area contributed by atoms with Crippen LogP contribution >= 0.6 is 0 Å². The lowest BCUT2D eigenvalue weighted by Gasteiger charge is -2.48. The molecule has 13 heteroatoms. The van der Waals surface area contributed by atoms with Crippen LogP contribution in [0.5, 0.6) is 0 Å². The topological polar surface area (TPSA) is 224 Å². The first-order valence-electron chi connectivity index (χ1n) is 8.23. The number of rotatable bonds is 5. The van der Waals surface area contributed by atoms with Crippen LogP contribution in [0.2, 0.25) is 0 Å². The van der Waals surface area contributed by atoms with Gasteiger partial charge in [-0.25, -0.2) is 0 Å². The van der Waals surface area contributed by atoms with Crippen molar-refractivity contribution < 1.29 is 54.8 Å². The van der Waals surface area contributed by atoms with Crippen molar-refractivity contribution in [2.24, 2.45) is 5.73 Å². The van der Waals surface area contributed by atoms with Gasteiger partial charge in [-0.05, 0) is 0 Å². The summed E-state index contributed by atoms with van der Waals surface area (Å²) in [6, 6.07) is -1.33. The van der Waals surface area contributed by atoms with Gasteiger partial charge in [0.1, 0.15) is 42.7 Å². The third-order valence-electron chi connectivity index (χ3n) is 4.58. The molecule has 0 aromatic carbocycles. The molecule has 158 valence electrons. The number of hydrogen-bond donors (Lipinski definition) is 9.